The third-order valence-electron chi connectivity index (χ3n) is 3.01. The molecule has 0 fully saturated rings. The normalized spacial score (nSPS) is 12.5. The Morgan fingerprint density at radius 1 is 1.15 bits per heavy atom. The first-order chi connectivity index (χ1) is 9.51. The van der Waals surface area contributed by atoms with Crippen LogP contribution in [0, 0.1) is 0 Å². The minimum atomic E-state index is 0.0159. The van der Waals surface area contributed by atoms with E-state index in [-0.39, 0.29) is 12.0 Å². The van der Waals surface area contributed by atoms with Crippen LogP contribution in [-0.2, 0) is 7.05 Å². The smallest absolute Gasteiger partial charge is 0.154 e. The molecule has 0 spiro atoms. The molecule has 7 nitrogen and oxygen atoms in total. The average molecular weight is 275 g/mol. The molecular weight excluding hydrogens is 254 g/mol. The zero-order chi connectivity index (χ0) is 14.7. The Hall–Kier alpha value is -2.18. The van der Waals surface area contributed by atoms with Gasteiger partial charge < -0.3 is 15.2 Å². The Bertz CT molecular complexity index is 576. The molecule has 0 bridgehead atoms. The number of rotatable bonds is 5. The molecule has 2 N–H and O–H groups in total. The molecule has 20 heavy (non-hydrogen) atoms. The van der Waals surface area contributed by atoms with E-state index in [0.717, 1.165) is 23.3 Å². The first kappa shape index (κ1) is 14.2. The summed E-state index contributed by atoms with van der Waals surface area (Å²) in [6, 6.07) is 1.90. The number of aryl methyl sites for hydroxylation is 1. The van der Waals surface area contributed by atoms with Crippen molar-refractivity contribution in [1.29, 1.82) is 0 Å². The molecule has 108 valence electrons. The first-order valence-electron chi connectivity index (χ1n) is 6.68. The SMILES string of the molecule is CNc1cc(NC(C)c2nncn2C)nc(C(C)C)n1. The summed E-state index contributed by atoms with van der Waals surface area (Å²) in [6.07, 6.45) is 1.69. The highest BCUT2D eigenvalue weighted by Gasteiger charge is 2.14. The van der Waals surface area contributed by atoms with Crippen molar-refractivity contribution >= 4 is 11.6 Å². The Kier molecular flexibility index (Phi) is 4.16. The van der Waals surface area contributed by atoms with Crippen LogP contribution < -0.4 is 10.6 Å². The summed E-state index contributed by atoms with van der Waals surface area (Å²) in [5.41, 5.74) is 0. The van der Waals surface area contributed by atoms with Crippen LogP contribution in [0.25, 0.3) is 0 Å². The lowest BCUT2D eigenvalue weighted by Crippen LogP contribution is -2.14. The highest BCUT2D eigenvalue weighted by molar-refractivity contribution is 5.48. The molecular formula is C13H21N7. The lowest BCUT2D eigenvalue weighted by Gasteiger charge is -2.16. The minimum Gasteiger partial charge on any atom is -0.373 e. The van der Waals surface area contributed by atoms with E-state index in [9.17, 15) is 0 Å². The molecule has 1 atom stereocenters. The maximum Gasteiger partial charge on any atom is 0.154 e. The van der Waals surface area contributed by atoms with Gasteiger partial charge in [0.25, 0.3) is 0 Å². The zero-order valence-electron chi connectivity index (χ0n) is 12.5. The monoisotopic (exact) mass is 275 g/mol. The van der Waals surface area contributed by atoms with Crippen molar-refractivity contribution in [3.63, 3.8) is 0 Å². The Balaban J connectivity index is 2.24. The van der Waals surface area contributed by atoms with Crippen LogP contribution in [-0.4, -0.2) is 31.8 Å². The molecule has 0 saturated carbocycles. The van der Waals surface area contributed by atoms with E-state index in [1.807, 2.05) is 31.7 Å². The van der Waals surface area contributed by atoms with E-state index in [1.165, 1.54) is 0 Å². The predicted molar refractivity (Wildman–Crippen MR) is 78.7 cm³/mol. The van der Waals surface area contributed by atoms with Crippen molar-refractivity contribution in [2.24, 2.45) is 7.05 Å². The van der Waals surface area contributed by atoms with Crippen molar-refractivity contribution in [3.05, 3.63) is 24.0 Å². The van der Waals surface area contributed by atoms with Crippen LogP contribution in [0.15, 0.2) is 12.4 Å². The van der Waals surface area contributed by atoms with Gasteiger partial charge in [-0.2, -0.15) is 0 Å². The average Bonchev–Trinajstić information content (AvgIpc) is 2.84. The van der Waals surface area contributed by atoms with Gasteiger partial charge in [0.15, 0.2) is 5.82 Å². The van der Waals surface area contributed by atoms with Crippen LogP contribution in [0.3, 0.4) is 0 Å². The fourth-order valence-electron chi connectivity index (χ4n) is 1.90. The van der Waals surface area contributed by atoms with Gasteiger partial charge in [0, 0.05) is 26.1 Å². The van der Waals surface area contributed by atoms with Crippen LogP contribution in [0.4, 0.5) is 11.6 Å². The van der Waals surface area contributed by atoms with Crippen molar-refractivity contribution in [1.82, 2.24) is 24.7 Å². The fraction of sp³-hybridized carbons (Fsp3) is 0.538. The maximum absolute atomic E-state index is 4.54. The second-order valence-electron chi connectivity index (χ2n) is 5.07. The van der Waals surface area contributed by atoms with Crippen molar-refractivity contribution in [2.45, 2.75) is 32.7 Å². The van der Waals surface area contributed by atoms with Crippen LogP contribution in [0.2, 0.25) is 0 Å². The van der Waals surface area contributed by atoms with Crippen LogP contribution in [0.1, 0.15) is 44.4 Å². The van der Waals surface area contributed by atoms with Gasteiger partial charge in [-0.3, -0.25) is 0 Å². The molecule has 0 aliphatic heterocycles. The summed E-state index contributed by atoms with van der Waals surface area (Å²) in [6.45, 7) is 6.18. The van der Waals surface area contributed by atoms with Gasteiger partial charge >= 0.3 is 0 Å². The number of nitrogens with one attached hydrogen (secondary N) is 2. The van der Waals surface area contributed by atoms with Gasteiger partial charge in [0.05, 0.1) is 6.04 Å². The van der Waals surface area contributed by atoms with E-state index < -0.39 is 0 Å². The Labute approximate surface area is 118 Å². The molecule has 0 aromatic carbocycles. The molecule has 0 saturated heterocycles. The van der Waals surface area contributed by atoms with Crippen molar-refractivity contribution in [2.75, 3.05) is 17.7 Å². The molecule has 2 heterocycles. The first-order valence-corrected chi connectivity index (χ1v) is 6.68. The molecule has 7 heteroatoms. The third kappa shape index (κ3) is 3.04. The number of anilines is 2. The quantitative estimate of drug-likeness (QED) is 0.868. The summed E-state index contributed by atoms with van der Waals surface area (Å²) in [5.74, 6) is 3.53. The summed E-state index contributed by atoms with van der Waals surface area (Å²) >= 11 is 0. The van der Waals surface area contributed by atoms with Gasteiger partial charge in [-0.15, -0.1) is 10.2 Å². The van der Waals surface area contributed by atoms with Gasteiger partial charge in [-0.1, -0.05) is 13.8 Å². The maximum atomic E-state index is 4.54. The number of nitrogens with zero attached hydrogens (tertiary/aromatic N) is 5. The van der Waals surface area contributed by atoms with Gasteiger partial charge in [0.2, 0.25) is 0 Å². The van der Waals surface area contributed by atoms with Gasteiger partial charge in [0.1, 0.15) is 23.8 Å². The molecule has 0 aliphatic rings. The topological polar surface area (TPSA) is 80.5 Å². The van der Waals surface area contributed by atoms with Gasteiger partial charge in [-0.25, -0.2) is 9.97 Å². The zero-order valence-corrected chi connectivity index (χ0v) is 12.5. The van der Waals surface area contributed by atoms with E-state index in [1.54, 1.807) is 6.33 Å². The lowest BCUT2D eigenvalue weighted by atomic mass is 10.2. The molecule has 2 aromatic rings. The predicted octanol–water partition coefficient (Wildman–Crippen LogP) is 1.94. The summed E-state index contributed by atoms with van der Waals surface area (Å²) in [4.78, 5) is 8.98. The molecule has 1 unspecified atom stereocenters. The van der Waals surface area contributed by atoms with E-state index in [4.69, 9.17) is 0 Å². The van der Waals surface area contributed by atoms with Crippen molar-refractivity contribution in [3.8, 4) is 0 Å². The standard InChI is InChI=1S/C13H21N7/c1-8(2)12-17-10(14-4)6-11(18-12)16-9(3)13-19-15-7-20(13)5/h6-9H,1-5H3,(H2,14,16,17,18). The Morgan fingerprint density at radius 2 is 1.85 bits per heavy atom. The largest absolute Gasteiger partial charge is 0.373 e. The number of hydrogen-bond acceptors (Lipinski definition) is 6. The van der Waals surface area contributed by atoms with E-state index >= 15 is 0 Å². The molecule has 2 rings (SSSR count). The molecule has 0 amide bonds. The van der Waals surface area contributed by atoms with Crippen LogP contribution >= 0.6 is 0 Å². The minimum absolute atomic E-state index is 0.0159. The summed E-state index contributed by atoms with van der Waals surface area (Å²) in [5, 5.41) is 14.4. The number of aromatic nitrogens is 5. The number of hydrogen-bond donors (Lipinski definition) is 2. The van der Waals surface area contributed by atoms with E-state index in [0.29, 0.717) is 0 Å². The summed E-state index contributed by atoms with van der Waals surface area (Å²) < 4.78 is 1.89. The highest BCUT2D eigenvalue weighted by Crippen LogP contribution is 2.20. The van der Waals surface area contributed by atoms with Gasteiger partial charge in [-0.05, 0) is 6.92 Å². The molecule has 0 aliphatic carbocycles. The fourth-order valence-corrected chi connectivity index (χ4v) is 1.90. The highest BCUT2D eigenvalue weighted by atomic mass is 15.3. The summed E-state index contributed by atoms with van der Waals surface area (Å²) in [7, 11) is 3.77. The second kappa shape index (κ2) is 5.85. The third-order valence-corrected chi connectivity index (χ3v) is 3.01. The van der Waals surface area contributed by atoms with Crippen LogP contribution in [0.5, 0.6) is 0 Å². The lowest BCUT2D eigenvalue weighted by molar-refractivity contribution is 0.711. The molecule has 2 aromatic heterocycles. The molecule has 0 radical (unpaired) electrons. The van der Waals surface area contributed by atoms with Crippen molar-refractivity contribution < 1.29 is 0 Å². The Morgan fingerprint density at radius 3 is 2.40 bits per heavy atom. The second-order valence-corrected chi connectivity index (χ2v) is 5.07. The van der Waals surface area contributed by atoms with E-state index in [2.05, 4.69) is 44.6 Å².